The summed E-state index contributed by atoms with van der Waals surface area (Å²) in [5.41, 5.74) is 0. The molecule has 0 amide bonds. The molecule has 0 aliphatic heterocycles. The van der Waals surface area contributed by atoms with Crippen molar-refractivity contribution >= 4 is 0 Å². The van der Waals surface area contributed by atoms with Gasteiger partial charge in [0.15, 0.2) is 0 Å². The Morgan fingerprint density at radius 1 is 0.455 bits per heavy atom. The van der Waals surface area contributed by atoms with Gasteiger partial charge in [-0.3, -0.25) is 24.3 Å². The Bertz CT molecular complexity index is 1030. The first-order valence-corrected chi connectivity index (χ1v) is 13.2. The van der Waals surface area contributed by atoms with E-state index in [4.69, 9.17) is 18.9 Å². The van der Waals surface area contributed by atoms with Crippen LogP contribution in [0.15, 0.2) is 109 Å². The van der Waals surface area contributed by atoms with Crippen LogP contribution < -0.4 is 29.2 Å². The van der Waals surface area contributed by atoms with E-state index in [1.807, 2.05) is 48.6 Å². The molecular formula is C36H38O6Zr2-2. The van der Waals surface area contributed by atoms with E-state index in [1.54, 1.807) is 36.4 Å². The van der Waals surface area contributed by atoms with Gasteiger partial charge in [0.2, 0.25) is 0 Å². The van der Waals surface area contributed by atoms with Gasteiger partial charge in [0, 0.05) is 0 Å². The minimum absolute atomic E-state index is 0. The maximum Gasteiger partial charge on any atom is 2.00 e. The van der Waals surface area contributed by atoms with Crippen molar-refractivity contribution in [2.24, 2.45) is 0 Å². The van der Waals surface area contributed by atoms with Gasteiger partial charge >= 0.3 is 52.4 Å². The van der Waals surface area contributed by atoms with E-state index in [1.165, 1.54) is 28.4 Å². The maximum atomic E-state index is 11.2. The van der Waals surface area contributed by atoms with Crippen LogP contribution in [0.2, 0.25) is 0 Å². The number of hydrogen-bond acceptors (Lipinski definition) is 6. The second-order valence-corrected chi connectivity index (χ2v) is 8.00. The Morgan fingerprint density at radius 2 is 0.682 bits per heavy atom. The van der Waals surface area contributed by atoms with E-state index in [9.17, 15) is 10.2 Å². The molecule has 0 unspecified atom stereocenters. The molecule has 6 nitrogen and oxygen atoms in total. The molecule has 0 bridgehead atoms. The fraction of sp³-hybridized carbons (Fsp3) is 0.222. The number of methoxy groups -OCH3 is 4. The third-order valence-electron chi connectivity index (χ3n) is 5.11. The first-order chi connectivity index (χ1) is 20.6. The minimum atomic E-state index is -0.211. The van der Waals surface area contributed by atoms with Gasteiger partial charge in [-0.2, -0.15) is 24.3 Å². The number of ether oxygens (including phenoxy) is 4. The predicted molar refractivity (Wildman–Crippen MR) is 164 cm³/mol. The van der Waals surface area contributed by atoms with Crippen LogP contribution in [0.1, 0.15) is 25.7 Å². The van der Waals surface area contributed by atoms with E-state index < -0.39 is 0 Å². The zero-order valence-electron chi connectivity index (χ0n) is 25.7. The van der Waals surface area contributed by atoms with Gasteiger partial charge in [-0.15, -0.1) is 25.7 Å². The van der Waals surface area contributed by atoms with Crippen molar-refractivity contribution < 1.29 is 81.6 Å². The fourth-order valence-corrected chi connectivity index (χ4v) is 3.00. The first-order valence-electron chi connectivity index (χ1n) is 13.2. The van der Waals surface area contributed by atoms with E-state index in [-0.39, 0.29) is 63.9 Å². The van der Waals surface area contributed by atoms with Crippen molar-refractivity contribution in [3.8, 4) is 34.5 Å². The van der Waals surface area contributed by atoms with Gasteiger partial charge in [-0.05, 0) is 35.8 Å². The molecule has 0 aromatic heterocycles. The zero-order chi connectivity index (χ0) is 30.7. The standard InChI is InChI=1S/2C8H10O3.4C5H5.2Zr/c2*1-10-6-4-3-5-7(11-2)8(6)9;4*1-2-4-5-3-1;;/h2*3-5,9H,1-2H3;4*1-3H,4H2;;/q;;4*-1;2*+2/p-2. The van der Waals surface area contributed by atoms with E-state index in [0.717, 1.165) is 25.7 Å². The van der Waals surface area contributed by atoms with Crippen LogP contribution in [-0.2, 0) is 52.4 Å². The van der Waals surface area contributed by atoms with Gasteiger partial charge in [0.25, 0.3) is 0 Å². The van der Waals surface area contributed by atoms with Crippen molar-refractivity contribution in [3.05, 3.63) is 134 Å². The smallest absolute Gasteiger partial charge is 0.867 e. The van der Waals surface area contributed by atoms with E-state index in [2.05, 4.69) is 48.6 Å². The van der Waals surface area contributed by atoms with Crippen LogP contribution in [0.4, 0.5) is 0 Å². The quantitative estimate of drug-likeness (QED) is 0.321. The summed E-state index contributed by atoms with van der Waals surface area (Å²) in [4.78, 5) is 0. The summed E-state index contributed by atoms with van der Waals surface area (Å²) >= 11 is 0. The fourth-order valence-electron chi connectivity index (χ4n) is 3.00. The molecule has 44 heavy (non-hydrogen) atoms. The average molecular weight is 749 g/mol. The Kier molecular flexibility index (Phi) is 29.3. The third kappa shape index (κ3) is 20.0. The van der Waals surface area contributed by atoms with E-state index >= 15 is 0 Å². The summed E-state index contributed by atoms with van der Waals surface area (Å²) < 4.78 is 19.2. The number of rotatable bonds is 4. The number of benzene rings is 2. The first kappa shape index (κ1) is 43.1. The molecule has 228 valence electrons. The van der Waals surface area contributed by atoms with Crippen molar-refractivity contribution in [3.63, 3.8) is 0 Å². The summed E-state index contributed by atoms with van der Waals surface area (Å²) in [7, 11) is 5.82. The van der Waals surface area contributed by atoms with Crippen LogP contribution in [0.3, 0.4) is 0 Å². The van der Waals surface area contributed by atoms with Crippen LogP contribution in [0.5, 0.6) is 34.5 Å². The number of para-hydroxylation sites is 2. The Hall–Kier alpha value is -3.07. The normalized spacial score (nSPS) is 12.6. The summed E-state index contributed by atoms with van der Waals surface area (Å²) in [6.07, 6.45) is 40.0. The molecule has 0 N–H and O–H groups in total. The van der Waals surface area contributed by atoms with Gasteiger partial charge in [-0.25, -0.2) is 48.6 Å². The molecule has 6 rings (SSSR count). The summed E-state index contributed by atoms with van der Waals surface area (Å²) in [5.74, 6) is 0.817. The molecule has 4 aliphatic carbocycles. The van der Waals surface area contributed by atoms with Gasteiger partial charge in [0.05, 0.1) is 28.4 Å². The van der Waals surface area contributed by atoms with Gasteiger partial charge in [0.1, 0.15) is 23.0 Å². The summed E-state index contributed by atoms with van der Waals surface area (Å²) in [6.45, 7) is 0. The Morgan fingerprint density at radius 3 is 0.795 bits per heavy atom. The summed E-state index contributed by atoms with van der Waals surface area (Å²) in [5, 5.41) is 22.4. The summed E-state index contributed by atoms with van der Waals surface area (Å²) in [6, 6.07) is 9.82. The average Bonchev–Trinajstić information content (AvgIpc) is 3.87. The molecule has 0 heterocycles. The van der Waals surface area contributed by atoms with Crippen LogP contribution in [0, 0.1) is 24.3 Å². The molecule has 0 fully saturated rings. The second kappa shape index (κ2) is 30.0. The molecule has 0 saturated carbocycles. The molecule has 0 spiro atoms. The molecule has 4 aliphatic rings. The van der Waals surface area contributed by atoms with Crippen molar-refractivity contribution in [2.75, 3.05) is 28.4 Å². The molecule has 2 aromatic rings. The second-order valence-electron chi connectivity index (χ2n) is 8.00. The number of hydrogen-bond donors (Lipinski definition) is 0. The maximum absolute atomic E-state index is 11.2. The SMILES string of the molecule is COc1cccc(OC)c1[O-].COc1cccc(OC)c1[O-].[C-]1=CC=CC1.[C-]1=CC=CC1.[C-]1=CC=CC1.[C-]1=CC=CC1.[Zr+2].[Zr+2]. The van der Waals surface area contributed by atoms with E-state index in [0.29, 0.717) is 23.0 Å². The van der Waals surface area contributed by atoms with Crippen molar-refractivity contribution in [1.29, 1.82) is 0 Å². The van der Waals surface area contributed by atoms with Crippen molar-refractivity contribution in [2.45, 2.75) is 25.7 Å². The van der Waals surface area contributed by atoms with Crippen LogP contribution >= 0.6 is 0 Å². The van der Waals surface area contributed by atoms with Gasteiger partial charge in [-0.1, -0.05) is 12.1 Å². The molecule has 2 aromatic carbocycles. The van der Waals surface area contributed by atoms with Crippen molar-refractivity contribution in [1.82, 2.24) is 0 Å². The largest absolute Gasteiger partial charge is 2.00 e. The molecule has 0 atom stereocenters. The predicted octanol–water partition coefficient (Wildman–Crippen LogP) is 6.77. The topological polar surface area (TPSA) is 83.0 Å². The molecule has 0 radical (unpaired) electrons. The molecule has 8 heteroatoms. The van der Waals surface area contributed by atoms with Crippen LogP contribution in [-0.4, -0.2) is 28.4 Å². The van der Waals surface area contributed by atoms with Gasteiger partial charge < -0.3 is 29.2 Å². The third-order valence-corrected chi connectivity index (χ3v) is 5.11. The number of allylic oxidation sites excluding steroid dienone is 16. The Labute approximate surface area is 301 Å². The Balaban J connectivity index is 0. The zero-order valence-corrected chi connectivity index (χ0v) is 30.6. The molecular weight excluding hydrogens is 711 g/mol. The molecule has 0 saturated heterocycles. The van der Waals surface area contributed by atoms with Crippen LogP contribution in [0.25, 0.3) is 0 Å². The monoisotopic (exact) mass is 746 g/mol. The minimum Gasteiger partial charge on any atom is -0.867 e.